The van der Waals surface area contributed by atoms with E-state index in [1.165, 1.54) is 186 Å². The van der Waals surface area contributed by atoms with Gasteiger partial charge in [0.25, 0.3) is 0 Å². The van der Waals surface area contributed by atoms with Crippen LogP contribution in [0.4, 0.5) is 0 Å². The molecule has 12 nitrogen and oxygen atoms in total. The van der Waals surface area contributed by atoms with Gasteiger partial charge in [0.2, 0.25) is 0 Å². The number of hydrogen-bond donors (Lipinski definition) is 5. The molecular formula is C60H114O12. The van der Waals surface area contributed by atoms with E-state index in [-0.39, 0.29) is 19.3 Å². The Balaban J connectivity index is 2.78. The van der Waals surface area contributed by atoms with E-state index >= 15 is 0 Å². The van der Waals surface area contributed by atoms with Crippen molar-refractivity contribution in [2.75, 3.05) is 6.61 Å². The topological polar surface area (TPSA) is 189 Å². The van der Waals surface area contributed by atoms with Crippen molar-refractivity contribution in [2.45, 2.75) is 359 Å². The molecule has 0 radical (unpaired) electrons. The Hall–Kier alpha value is -1.83. The number of carbonyl (C=O) groups excluding carboxylic acids is 3. The van der Waals surface area contributed by atoms with Crippen molar-refractivity contribution < 1.29 is 58.9 Å². The molecule has 1 saturated heterocycles. The number of esters is 3. The fraction of sp³-hybridized carbons (Fsp3) is 0.950. The first-order valence-corrected chi connectivity index (χ1v) is 30.7. The number of carbonyl (C=O) groups is 3. The zero-order chi connectivity index (χ0) is 52.9. The molecule has 0 bridgehead atoms. The summed E-state index contributed by atoms with van der Waals surface area (Å²) in [5, 5.41) is 57.5. The maximum Gasteiger partial charge on any atom is 0.404 e. The lowest BCUT2D eigenvalue weighted by Crippen LogP contribution is -2.82. The fourth-order valence-electron chi connectivity index (χ4n) is 10.1. The largest absolute Gasteiger partial charge is 0.422 e. The van der Waals surface area contributed by atoms with Crippen LogP contribution >= 0.6 is 0 Å². The lowest BCUT2D eigenvalue weighted by atomic mass is 9.89. The van der Waals surface area contributed by atoms with Crippen LogP contribution in [0.15, 0.2) is 0 Å². The summed E-state index contributed by atoms with van der Waals surface area (Å²) >= 11 is 0. The zero-order valence-electron chi connectivity index (χ0n) is 46.9. The first-order chi connectivity index (χ1) is 34.9. The van der Waals surface area contributed by atoms with Gasteiger partial charge in [-0.1, -0.05) is 290 Å². The van der Waals surface area contributed by atoms with Crippen LogP contribution in [0.5, 0.6) is 0 Å². The molecule has 1 aliphatic heterocycles. The fourth-order valence-corrected chi connectivity index (χ4v) is 10.1. The monoisotopic (exact) mass is 1030 g/mol. The van der Waals surface area contributed by atoms with Crippen molar-refractivity contribution in [1.29, 1.82) is 0 Å². The van der Waals surface area contributed by atoms with E-state index in [9.17, 15) is 39.9 Å². The van der Waals surface area contributed by atoms with Crippen LogP contribution in [0, 0.1) is 0 Å². The average Bonchev–Trinajstić information content (AvgIpc) is 3.36. The second-order valence-corrected chi connectivity index (χ2v) is 21.7. The van der Waals surface area contributed by atoms with E-state index in [0.717, 1.165) is 64.2 Å². The summed E-state index contributed by atoms with van der Waals surface area (Å²) in [6, 6.07) is 0. The van der Waals surface area contributed by atoms with E-state index < -0.39 is 54.3 Å². The van der Waals surface area contributed by atoms with Gasteiger partial charge in [0, 0.05) is 19.3 Å². The number of aliphatic hydroxyl groups excluding tert-OH is 2. The zero-order valence-corrected chi connectivity index (χ0v) is 46.9. The molecule has 5 atom stereocenters. The quantitative estimate of drug-likeness (QED) is 0.0168. The van der Waals surface area contributed by atoms with Crippen LogP contribution in [0.1, 0.15) is 329 Å². The molecule has 5 N–H and O–H groups in total. The molecule has 426 valence electrons. The molecule has 12 heteroatoms. The van der Waals surface area contributed by atoms with Crippen molar-refractivity contribution in [1.82, 2.24) is 0 Å². The highest BCUT2D eigenvalue weighted by molar-refractivity contribution is 5.72. The third kappa shape index (κ3) is 31.3. The molecule has 0 aromatic carbocycles. The normalized spacial score (nSPS) is 21.0. The van der Waals surface area contributed by atoms with Crippen LogP contribution in [0.25, 0.3) is 0 Å². The summed E-state index contributed by atoms with van der Waals surface area (Å²) in [5.41, 5.74) is 0. The summed E-state index contributed by atoms with van der Waals surface area (Å²) in [5.74, 6) is -14.3. The maximum absolute atomic E-state index is 13.4. The lowest BCUT2D eigenvalue weighted by molar-refractivity contribution is -0.557. The van der Waals surface area contributed by atoms with Crippen LogP contribution in [0.3, 0.4) is 0 Å². The summed E-state index contributed by atoms with van der Waals surface area (Å²) in [6.07, 6.45) is 45.6. The van der Waals surface area contributed by atoms with Crippen LogP contribution in [-0.4, -0.2) is 79.8 Å². The molecule has 1 unspecified atom stereocenters. The molecule has 1 heterocycles. The van der Waals surface area contributed by atoms with E-state index in [1.807, 2.05) is 0 Å². The van der Waals surface area contributed by atoms with Crippen molar-refractivity contribution in [3.8, 4) is 0 Å². The summed E-state index contributed by atoms with van der Waals surface area (Å²) in [7, 11) is 0. The molecule has 0 aromatic rings. The highest BCUT2D eigenvalue weighted by Crippen LogP contribution is 2.46. The Labute approximate surface area is 440 Å². The standard InChI is InChI=1S/C60H114O12/c1-4-7-10-13-16-19-22-25-28-31-34-37-40-43-46-49-54(62)70-58(66)57(65)53(52-61)69-60(68,72-56(64)51-48-45-42-39-36-33-30-27-24-21-18-15-12-9-6-3)59(58,67)71-55(63)50-47-44-41-38-35-32-29-26-23-20-17-14-11-8-5-2/h53,57,61,65-68H,4-52H2,1-3H3/t53-,57+,58+,59-,60?/m1/s1. The number of rotatable bonds is 52. The Morgan fingerprint density at radius 2 is 0.583 bits per heavy atom. The minimum Gasteiger partial charge on any atom is -0.422 e. The van der Waals surface area contributed by atoms with Gasteiger partial charge in [-0.25, -0.2) is 0 Å². The number of ether oxygens (including phenoxy) is 4. The van der Waals surface area contributed by atoms with Crippen molar-refractivity contribution in [3.05, 3.63) is 0 Å². The van der Waals surface area contributed by atoms with E-state index in [4.69, 9.17) is 18.9 Å². The third-order valence-electron chi connectivity index (χ3n) is 14.9. The first-order valence-electron chi connectivity index (χ1n) is 30.7. The maximum atomic E-state index is 13.4. The van der Waals surface area contributed by atoms with Gasteiger partial charge < -0.3 is 44.5 Å². The van der Waals surface area contributed by atoms with Gasteiger partial charge in [0.15, 0.2) is 6.10 Å². The Bertz CT molecular complexity index is 1280. The summed E-state index contributed by atoms with van der Waals surface area (Å²) < 4.78 is 21.4. The average molecular weight is 1030 g/mol. The van der Waals surface area contributed by atoms with Gasteiger partial charge in [-0.15, -0.1) is 0 Å². The van der Waals surface area contributed by atoms with Crippen molar-refractivity contribution >= 4 is 17.9 Å². The minimum atomic E-state index is -3.83. The second kappa shape index (κ2) is 45.4. The molecule has 0 saturated carbocycles. The molecule has 1 rings (SSSR count). The van der Waals surface area contributed by atoms with E-state index in [2.05, 4.69) is 20.8 Å². The lowest BCUT2D eigenvalue weighted by Gasteiger charge is -2.54. The molecule has 0 amide bonds. The number of aliphatic hydroxyl groups is 5. The van der Waals surface area contributed by atoms with E-state index in [0.29, 0.717) is 38.5 Å². The SMILES string of the molecule is CCCCCCCCCCCCCCCCCC(=O)OC1(O)O[C@H](CO)[C@H](O)[C@](O)(OC(=O)CCCCCCCCCCCCCCCCC)[C@@]1(O)OC(=O)CCCCCCCCCCCCCCCCC. The second-order valence-electron chi connectivity index (χ2n) is 21.7. The van der Waals surface area contributed by atoms with Crippen LogP contribution in [-0.2, 0) is 33.3 Å². The smallest absolute Gasteiger partial charge is 0.404 e. The molecule has 0 aliphatic carbocycles. The van der Waals surface area contributed by atoms with Crippen molar-refractivity contribution in [3.63, 3.8) is 0 Å². The van der Waals surface area contributed by atoms with Gasteiger partial charge in [-0.05, 0) is 19.3 Å². The van der Waals surface area contributed by atoms with Crippen LogP contribution in [0.2, 0.25) is 0 Å². The van der Waals surface area contributed by atoms with Gasteiger partial charge in [-0.3, -0.25) is 14.4 Å². The number of unbranched alkanes of at least 4 members (excludes halogenated alkanes) is 42. The van der Waals surface area contributed by atoms with E-state index in [1.54, 1.807) is 0 Å². The molecule has 0 aromatic heterocycles. The third-order valence-corrected chi connectivity index (χ3v) is 14.9. The minimum absolute atomic E-state index is 0.211. The predicted octanol–water partition coefficient (Wildman–Crippen LogP) is 15.2. The Kier molecular flexibility index (Phi) is 43.0. The molecule has 0 spiro atoms. The highest BCUT2D eigenvalue weighted by atomic mass is 16.9. The van der Waals surface area contributed by atoms with Gasteiger partial charge in [-0.2, -0.15) is 0 Å². The van der Waals surface area contributed by atoms with Crippen LogP contribution < -0.4 is 0 Å². The summed E-state index contributed by atoms with van der Waals surface area (Å²) in [4.78, 5) is 40.1. The Morgan fingerprint density at radius 3 is 0.833 bits per heavy atom. The van der Waals surface area contributed by atoms with Gasteiger partial charge in [0.05, 0.1) is 6.61 Å². The number of hydrogen-bond acceptors (Lipinski definition) is 12. The molecule has 72 heavy (non-hydrogen) atoms. The molecule has 1 aliphatic rings. The highest BCUT2D eigenvalue weighted by Gasteiger charge is 2.80. The molecule has 1 fully saturated rings. The predicted molar refractivity (Wildman–Crippen MR) is 290 cm³/mol. The van der Waals surface area contributed by atoms with Crippen molar-refractivity contribution in [2.24, 2.45) is 0 Å². The van der Waals surface area contributed by atoms with Gasteiger partial charge >= 0.3 is 35.5 Å². The molecular weight excluding hydrogens is 913 g/mol. The van der Waals surface area contributed by atoms with Gasteiger partial charge in [0.1, 0.15) is 6.10 Å². The first kappa shape index (κ1) is 68.2. The Morgan fingerprint density at radius 1 is 0.361 bits per heavy atom. The summed E-state index contributed by atoms with van der Waals surface area (Å²) in [6.45, 7) is 5.66.